The molecule has 21 heavy (non-hydrogen) atoms. The highest BCUT2D eigenvalue weighted by Gasteiger charge is 2.18. The largest absolute Gasteiger partial charge is 0.379 e. The van der Waals surface area contributed by atoms with Crippen LogP contribution in [0.3, 0.4) is 0 Å². The average Bonchev–Trinajstić information content (AvgIpc) is 2.47. The minimum atomic E-state index is 0. The van der Waals surface area contributed by atoms with Crippen molar-refractivity contribution in [2.45, 2.75) is 0 Å². The molecule has 0 aromatic carbocycles. The van der Waals surface area contributed by atoms with Gasteiger partial charge in [0.05, 0.1) is 19.8 Å². The van der Waals surface area contributed by atoms with Crippen LogP contribution in [0.5, 0.6) is 0 Å². The van der Waals surface area contributed by atoms with Crippen molar-refractivity contribution in [1.29, 1.82) is 0 Å². The van der Waals surface area contributed by atoms with Gasteiger partial charge in [-0.25, -0.2) is 0 Å². The maximum Gasteiger partial charge on any atom is 0.236 e. The Labute approximate surface area is 140 Å². The molecule has 126 valence electrons. The number of likely N-dealkylation sites (N-methyl/N-ethyl adjacent to an activating group) is 1. The van der Waals surface area contributed by atoms with E-state index in [1.807, 2.05) is 11.9 Å². The van der Waals surface area contributed by atoms with Gasteiger partial charge in [0.15, 0.2) is 0 Å². The van der Waals surface area contributed by atoms with Crippen molar-refractivity contribution >= 4 is 30.7 Å². The Kier molecular flexibility index (Phi) is 11.4. The van der Waals surface area contributed by atoms with Gasteiger partial charge in [0.2, 0.25) is 5.91 Å². The van der Waals surface area contributed by atoms with E-state index >= 15 is 0 Å². The molecule has 2 saturated heterocycles. The van der Waals surface area contributed by atoms with Crippen LogP contribution in [0, 0.1) is 0 Å². The van der Waals surface area contributed by atoms with Gasteiger partial charge < -0.3 is 15.0 Å². The van der Waals surface area contributed by atoms with Crippen molar-refractivity contribution in [2.75, 3.05) is 79.2 Å². The van der Waals surface area contributed by atoms with Crippen molar-refractivity contribution in [1.82, 2.24) is 20.0 Å². The van der Waals surface area contributed by atoms with Crippen molar-refractivity contribution in [3.8, 4) is 0 Å². The highest BCUT2D eigenvalue weighted by atomic mass is 35.5. The van der Waals surface area contributed by atoms with Gasteiger partial charge in [-0.3, -0.25) is 14.6 Å². The first-order valence-corrected chi connectivity index (χ1v) is 7.23. The fourth-order valence-electron chi connectivity index (χ4n) is 2.46. The number of piperazine rings is 1. The topological polar surface area (TPSA) is 48.1 Å². The first-order chi connectivity index (χ1) is 9.25. The molecule has 1 N–H and O–H groups in total. The van der Waals surface area contributed by atoms with Crippen molar-refractivity contribution < 1.29 is 9.53 Å². The average molecular weight is 343 g/mol. The molecule has 0 spiro atoms. The van der Waals surface area contributed by atoms with Gasteiger partial charge in [-0.2, -0.15) is 0 Å². The Morgan fingerprint density at radius 3 is 2.38 bits per heavy atom. The molecule has 2 aliphatic rings. The summed E-state index contributed by atoms with van der Waals surface area (Å²) in [5, 5.41) is 3.27. The molecule has 0 aromatic rings. The lowest BCUT2D eigenvalue weighted by Crippen LogP contribution is -2.50. The van der Waals surface area contributed by atoms with Crippen molar-refractivity contribution in [3.05, 3.63) is 0 Å². The summed E-state index contributed by atoms with van der Waals surface area (Å²) >= 11 is 0. The number of nitrogens with one attached hydrogen (secondary N) is 1. The van der Waals surface area contributed by atoms with Gasteiger partial charge in [0.25, 0.3) is 0 Å². The molecule has 0 aromatic heterocycles. The van der Waals surface area contributed by atoms with Gasteiger partial charge >= 0.3 is 0 Å². The van der Waals surface area contributed by atoms with Crippen LogP contribution in [-0.4, -0.2) is 99.8 Å². The SMILES string of the molecule is CN(CCN1CCOCC1)CC(=O)N1CCNCC1.Cl.Cl. The summed E-state index contributed by atoms with van der Waals surface area (Å²) in [5.74, 6) is 0.256. The molecule has 6 nitrogen and oxygen atoms in total. The zero-order valence-corrected chi connectivity index (χ0v) is 14.4. The number of hydrogen-bond acceptors (Lipinski definition) is 5. The molecule has 0 saturated carbocycles. The standard InChI is InChI=1S/C13H26N4O2.2ClH/c1-15(6-7-16-8-10-19-11-9-16)12-13(18)17-4-2-14-3-5-17;;/h14H,2-12H2,1H3;2*1H. The van der Waals surface area contributed by atoms with Crippen LogP contribution >= 0.6 is 24.8 Å². The van der Waals surface area contributed by atoms with E-state index < -0.39 is 0 Å². The molecule has 0 atom stereocenters. The zero-order chi connectivity index (χ0) is 13.5. The number of hydrogen-bond donors (Lipinski definition) is 1. The summed E-state index contributed by atoms with van der Waals surface area (Å²) in [7, 11) is 2.03. The van der Waals surface area contributed by atoms with E-state index in [-0.39, 0.29) is 30.7 Å². The van der Waals surface area contributed by atoms with Gasteiger partial charge in [-0.15, -0.1) is 24.8 Å². The number of morpholine rings is 1. The van der Waals surface area contributed by atoms with E-state index in [1.54, 1.807) is 0 Å². The molecule has 2 heterocycles. The van der Waals surface area contributed by atoms with Gasteiger partial charge in [0, 0.05) is 52.4 Å². The Bertz CT molecular complexity index is 285. The molecule has 0 aliphatic carbocycles. The predicted molar refractivity (Wildman–Crippen MR) is 88.7 cm³/mol. The molecule has 2 rings (SSSR count). The monoisotopic (exact) mass is 342 g/mol. The minimum Gasteiger partial charge on any atom is -0.379 e. The van der Waals surface area contributed by atoms with Crippen LogP contribution in [0.1, 0.15) is 0 Å². The predicted octanol–water partition coefficient (Wildman–Crippen LogP) is -0.474. The molecule has 0 radical (unpaired) electrons. The van der Waals surface area contributed by atoms with Crippen molar-refractivity contribution in [3.63, 3.8) is 0 Å². The number of carbonyl (C=O) groups is 1. The molecule has 0 bridgehead atoms. The Morgan fingerprint density at radius 1 is 1.14 bits per heavy atom. The lowest BCUT2D eigenvalue weighted by molar-refractivity contribution is -0.132. The van der Waals surface area contributed by atoms with E-state index in [0.717, 1.165) is 65.6 Å². The summed E-state index contributed by atoms with van der Waals surface area (Å²) in [5.41, 5.74) is 0. The second kappa shape index (κ2) is 11.5. The van der Waals surface area contributed by atoms with Crippen LogP contribution in [0.15, 0.2) is 0 Å². The van der Waals surface area contributed by atoms with Crippen LogP contribution in [0.4, 0.5) is 0 Å². The maximum atomic E-state index is 12.1. The first kappa shape index (κ1) is 20.9. The number of ether oxygens (including phenoxy) is 1. The fraction of sp³-hybridized carbons (Fsp3) is 0.923. The maximum absolute atomic E-state index is 12.1. The Balaban J connectivity index is 0.00000200. The fourth-order valence-corrected chi connectivity index (χ4v) is 2.46. The third kappa shape index (κ3) is 7.63. The summed E-state index contributed by atoms with van der Waals surface area (Å²) in [6, 6.07) is 0. The molecule has 8 heteroatoms. The van der Waals surface area contributed by atoms with E-state index in [1.165, 1.54) is 0 Å². The minimum absolute atomic E-state index is 0. The van der Waals surface area contributed by atoms with E-state index in [2.05, 4.69) is 15.1 Å². The Hall–Kier alpha value is -0.110. The second-order valence-electron chi connectivity index (χ2n) is 5.32. The second-order valence-corrected chi connectivity index (χ2v) is 5.32. The van der Waals surface area contributed by atoms with Gasteiger partial charge in [-0.05, 0) is 7.05 Å². The molecule has 0 unspecified atom stereocenters. The number of nitrogens with zero attached hydrogens (tertiary/aromatic N) is 3. The van der Waals surface area contributed by atoms with Crippen LogP contribution in [0.25, 0.3) is 0 Å². The third-order valence-electron chi connectivity index (χ3n) is 3.78. The van der Waals surface area contributed by atoms with E-state index in [9.17, 15) is 4.79 Å². The van der Waals surface area contributed by atoms with Gasteiger partial charge in [0.1, 0.15) is 0 Å². The first-order valence-electron chi connectivity index (χ1n) is 7.23. The summed E-state index contributed by atoms with van der Waals surface area (Å²) in [6.07, 6.45) is 0. The number of amides is 1. The zero-order valence-electron chi connectivity index (χ0n) is 12.8. The van der Waals surface area contributed by atoms with Crippen LogP contribution < -0.4 is 5.32 Å². The molecule has 2 aliphatic heterocycles. The van der Waals surface area contributed by atoms with E-state index in [0.29, 0.717) is 6.54 Å². The molecule has 2 fully saturated rings. The highest BCUT2D eigenvalue weighted by Crippen LogP contribution is 1.98. The van der Waals surface area contributed by atoms with Crippen LogP contribution in [0.2, 0.25) is 0 Å². The highest BCUT2D eigenvalue weighted by molar-refractivity contribution is 5.85. The quantitative estimate of drug-likeness (QED) is 0.731. The Morgan fingerprint density at radius 2 is 1.76 bits per heavy atom. The summed E-state index contributed by atoms with van der Waals surface area (Å²) < 4.78 is 5.33. The third-order valence-corrected chi connectivity index (χ3v) is 3.78. The van der Waals surface area contributed by atoms with Gasteiger partial charge in [-0.1, -0.05) is 0 Å². The number of carbonyl (C=O) groups excluding carboxylic acids is 1. The number of halogens is 2. The smallest absolute Gasteiger partial charge is 0.236 e. The molecular formula is C13H28Cl2N4O2. The summed E-state index contributed by atoms with van der Waals surface area (Å²) in [4.78, 5) is 18.6. The molecule has 1 amide bonds. The van der Waals surface area contributed by atoms with E-state index in [4.69, 9.17) is 4.74 Å². The van der Waals surface area contributed by atoms with Crippen LogP contribution in [-0.2, 0) is 9.53 Å². The van der Waals surface area contributed by atoms with Crippen molar-refractivity contribution in [2.24, 2.45) is 0 Å². The lowest BCUT2D eigenvalue weighted by Gasteiger charge is -2.31. The normalized spacial score (nSPS) is 19.8. The molecular weight excluding hydrogens is 315 g/mol. The summed E-state index contributed by atoms with van der Waals surface area (Å²) in [6.45, 7) is 9.72. The lowest BCUT2D eigenvalue weighted by atomic mass is 10.3. The number of rotatable bonds is 5.